The first-order valence-electron chi connectivity index (χ1n) is 13.2. The first kappa shape index (κ1) is 26.9. The number of piperidine rings is 1. The van der Waals surface area contributed by atoms with E-state index in [9.17, 15) is 0 Å². The van der Waals surface area contributed by atoms with Gasteiger partial charge in [0.25, 0.3) is 0 Å². The zero-order chi connectivity index (χ0) is 23.8. The van der Waals surface area contributed by atoms with Crippen molar-refractivity contribution in [3.8, 4) is 0 Å². The van der Waals surface area contributed by atoms with Gasteiger partial charge in [0.05, 0.1) is 0 Å². The predicted octanol–water partition coefficient (Wildman–Crippen LogP) is 5.57. The molecular weight excluding hydrogens is 430 g/mol. The lowest BCUT2D eigenvalue weighted by Gasteiger charge is -2.47. The van der Waals surface area contributed by atoms with Crippen molar-refractivity contribution in [1.82, 2.24) is 15.5 Å². The van der Waals surface area contributed by atoms with Crippen molar-refractivity contribution >= 4 is 11.6 Å². The van der Waals surface area contributed by atoms with Crippen LogP contribution in [0.1, 0.15) is 59.8 Å². The second-order valence-electron chi connectivity index (χ2n) is 11.5. The molecule has 4 nitrogen and oxygen atoms in total. The van der Waals surface area contributed by atoms with Gasteiger partial charge in [0, 0.05) is 44.5 Å². The molecular formula is C28H48ClN3O. The maximum absolute atomic E-state index is 6.21. The fourth-order valence-electron chi connectivity index (χ4n) is 6.07. The average Bonchev–Trinajstić information content (AvgIpc) is 2.77. The molecule has 33 heavy (non-hydrogen) atoms. The maximum atomic E-state index is 6.21. The Morgan fingerprint density at radius 3 is 2.55 bits per heavy atom. The van der Waals surface area contributed by atoms with Crippen molar-refractivity contribution in [3.63, 3.8) is 0 Å². The molecule has 0 aromatic rings. The van der Waals surface area contributed by atoms with Crippen LogP contribution < -0.4 is 10.6 Å². The molecule has 1 heterocycles. The summed E-state index contributed by atoms with van der Waals surface area (Å²) >= 11 is 6.21. The van der Waals surface area contributed by atoms with Crippen molar-refractivity contribution in [1.29, 1.82) is 0 Å². The zero-order valence-electron chi connectivity index (χ0n) is 21.7. The minimum atomic E-state index is 0.298. The third-order valence-corrected chi connectivity index (χ3v) is 8.45. The molecule has 0 spiro atoms. The molecule has 2 N–H and O–H groups in total. The Kier molecular flexibility index (Phi) is 10.5. The molecule has 0 amide bonds. The molecule has 188 valence electrons. The number of nitrogens with zero attached hydrogens (tertiary/aromatic N) is 1. The summed E-state index contributed by atoms with van der Waals surface area (Å²) in [7, 11) is 1.82. The van der Waals surface area contributed by atoms with Gasteiger partial charge < -0.3 is 20.3 Å². The number of hydrogen-bond acceptors (Lipinski definition) is 4. The Morgan fingerprint density at radius 1 is 1.15 bits per heavy atom. The average molecular weight is 478 g/mol. The summed E-state index contributed by atoms with van der Waals surface area (Å²) in [4.78, 5) is 2.70. The Labute approximate surface area is 208 Å². The number of allylic oxidation sites excluding steroid dienone is 6. The number of ether oxygens (including phenoxy) is 1. The van der Waals surface area contributed by atoms with E-state index >= 15 is 0 Å². The van der Waals surface area contributed by atoms with Gasteiger partial charge in [-0.05, 0) is 80.4 Å². The van der Waals surface area contributed by atoms with Crippen LogP contribution in [0.25, 0.3) is 0 Å². The predicted molar refractivity (Wildman–Crippen MR) is 141 cm³/mol. The van der Waals surface area contributed by atoms with Crippen LogP contribution in [0.4, 0.5) is 0 Å². The van der Waals surface area contributed by atoms with Crippen molar-refractivity contribution in [2.24, 2.45) is 29.1 Å². The minimum absolute atomic E-state index is 0.298. The first-order chi connectivity index (χ1) is 15.8. The van der Waals surface area contributed by atoms with Gasteiger partial charge in [-0.25, -0.2) is 0 Å². The standard InChI is InChI=1S/C28H48ClN3O/c1-21(2)27(31-20-30-16-23-8-6-7-9-24(23)18-33-5)17-32-15-14-26(28(3,4)19-32)22-10-12-25(29)13-11-22/h6-7,10,12,21,23-24,26-27,30-31H,8-9,11,13-20H2,1-5H3/t23?,24?,26?,27-/m0/s1. The maximum Gasteiger partial charge on any atom is 0.0496 e. The van der Waals surface area contributed by atoms with E-state index in [0.29, 0.717) is 35.1 Å². The molecule has 3 aliphatic rings. The van der Waals surface area contributed by atoms with Crippen LogP contribution >= 0.6 is 11.6 Å². The van der Waals surface area contributed by atoms with Crippen molar-refractivity contribution in [3.05, 3.63) is 34.9 Å². The van der Waals surface area contributed by atoms with E-state index in [0.717, 1.165) is 63.6 Å². The van der Waals surface area contributed by atoms with E-state index in [2.05, 4.69) is 67.5 Å². The molecule has 0 aromatic heterocycles. The Hall–Kier alpha value is -0.650. The number of rotatable bonds is 11. The summed E-state index contributed by atoms with van der Waals surface area (Å²) < 4.78 is 5.44. The second kappa shape index (κ2) is 12.9. The van der Waals surface area contributed by atoms with Crippen LogP contribution in [0.15, 0.2) is 34.9 Å². The number of methoxy groups -OCH3 is 1. The highest BCUT2D eigenvalue weighted by molar-refractivity contribution is 6.29. The van der Waals surface area contributed by atoms with E-state index in [1.807, 2.05) is 7.11 Å². The highest BCUT2D eigenvalue weighted by atomic mass is 35.5. The largest absolute Gasteiger partial charge is 0.384 e. The SMILES string of the molecule is COCC1CC=CCC1CNCN[C@@H](CN1CCC(C2=CC=C(Cl)CC2)C(C)(C)C1)C(C)C. The lowest BCUT2D eigenvalue weighted by molar-refractivity contribution is 0.0601. The molecule has 0 radical (unpaired) electrons. The fourth-order valence-corrected chi connectivity index (χ4v) is 6.23. The highest BCUT2D eigenvalue weighted by Crippen LogP contribution is 2.42. The molecule has 0 saturated carbocycles. The van der Waals surface area contributed by atoms with Crippen LogP contribution in [-0.4, -0.2) is 57.5 Å². The quantitative estimate of drug-likeness (QED) is 0.232. The zero-order valence-corrected chi connectivity index (χ0v) is 22.5. The van der Waals surface area contributed by atoms with E-state index in [4.69, 9.17) is 16.3 Å². The van der Waals surface area contributed by atoms with Gasteiger partial charge >= 0.3 is 0 Å². The molecule has 5 heteroatoms. The third kappa shape index (κ3) is 7.93. The number of nitrogens with one attached hydrogen (secondary N) is 2. The van der Waals surface area contributed by atoms with Crippen molar-refractivity contribution < 1.29 is 4.74 Å². The summed E-state index contributed by atoms with van der Waals surface area (Å²) in [5, 5.41) is 8.52. The van der Waals surface area contributed by atoms with Crippen LogP contribution in [-0.2, 0) is 4.74 Å². The summed E-state index contributed by atoms with van der Waals surface area (Å²) in [6.07, 6.45) is 14.8. The molecule has 0 bridgehead atoms. The number of likely N-dealkylation sites (tertiary alicyclic amines) is 1. The smallest absolute Gasteiger partial charge is 0.0496 e. The van der Waals surface area contributed by atoms with Crippen LogP contribution in [0.3, 0.4) is 0 Å². The van der Waals surface area contributed by atoms with Gasteiger partial charge in [0.15, 0.2) is 0 Å². The van der Waals surface area contributed by atoms with Gasteiger partial charge in [-0.2, -0.15) is 0 Å². The summed E-state index contributed by atoms with van der Waals surface area (Å²) in [6.45, 7) is 15.9. The van der Waals surface area contributed by atoms with Crippen LogP contribution in [0.5, 0.6) is 0 Å². The van der Waals surface area contributed by atoms with E-state index in [1.54, 1.807) is 5.57 Å². The molecule has 3 unspecified atom stereocenters. The summed E-state index contributed by atoms with van der Waals surface area (Å²) in [6, 6.07) is 0.501. The Morgan fingerprint density at radius 2 is 1.91 bits per heavy atom. The van der Waals surface area contributed by atoms with Gasteiger partial charge in [-0.15, -0.1) is 0 Å². The number of hydrogen-bond donors (Lipinski definition) is 2. The van der Waals surface area contributed by atoms with Gasteiger partial charge in [-0.1, -0.05) is 63.1 Å². The van der Waals surface area contributed by atoms with Gasteiger partial charge in [-0.3, -0.25) is 0 Å². The Balaban J connectivity index is 1.45. The molecule has 4 atom stereocenters. The molecule has 2 aliphatic carbocycles. The van der Waals surface area contributed by atoms with Crippen molar-refractivity contribution in [2.45, 2.75) is 65.8 Å². The molecule has 1 aliphatic heterocycles. The van der Waals surface area contributed by atoms with Crippen LogP contribution in [0.2, 0.25) is 0 Å². The number of halogens is 1. The van der Waals surface area contributed by atoms with Gasteiger partial charge in [0.2, 0.25) is 0 Å². The molecule has 3 rings (SSSR count). The topological polar surface area (TPSA) is 36.5 Å². The summed E-state index contributed by atoms with van der Waals surface area (Å²) in [5.74, 6) is 2.60. The van der Waals surface area contributed by atoms with E-state index < -0.39 is 0 Å². The Bertz CT molecular complexity index is 699. The first-order valence-corrected chi connectivity index (χ1v) is 13.5. The normalized spacial score (nSPS) is 29.1. The molecule has 1 saturated heterocycles. The van der Waals surface area contributed by atoms with E-state index in [1.165, 1.54) is 13.0 Å². The van der Waals surface area contributed by atoms with Crippen molar-refractivity contribution in [2.75, 3.05) is 46.6 Å². The summed E-state index contributed by atoms with van der Waals surface area (Å²) in [5.41, 5.74) is 1.91. The highest BCUT2D eigenvalue weighted by Gasteiger charge is 2.38. The third-order valence-electron chi connectivity index (χ3n) is 8.13. The monoisotopic (exact) mass is 477 g/mol. The molecule has 1 fully saturated rings. The lowest BCUT2D eigenvalue weighted by atomic mass is 9.68. The second-order valence-corrected chi connectivity index (χ2v) is 12.0. The minimum Gasteiger partial charge on any atom is -0.384 e. The molecule has 0 aromatic carbocycles. The van der Waals surface area contributed by atoms with Crippen LogP contribution in [0, 0.1) is 29.1 Å². The van der Waals surface area contributed by atoms with Gasteiger partial charge in [0.1, 0.15) is 0 Å². The lowest BCUT2D eigenvalue weighted by Crippen LogP contribution is -2.53. The fraction of sp³-hybridized carbons (Fsp3) is 0.786. The van der Waals surface area contributed by atoms with E-state index in [-0.39, 0.29) is 0 Å².